The van der Waals surface area contributed by atoms with Crippen LogP contribution < -0.4 is 10.6 Å². The van der Waals surface area contributed by atoms with E-state index >= 15 is 0 Å². The number of benzene rings is 1. The number of anilines is 2. The summed E-state index contributed by atoms with van der Waals surface area (Å²) < 4.78 is 0. The maximum Gasteiger partial charge on any atom is 0.270 e. The van der Waals surface area contributed by atoms with E-state index in [1.807, 2.05) is 38.1 Å². The van der Waals surface area contributed by atoms with Gasteiger partial charge in [0.25, 0.3) is 5.91 Å². The molecule has 24 heavy (non-hydrogen) atoms. The molecule has 1 aromatic carbocycles. The summed E-state index contributed by atoms with van der Waals surface area (Å²) >= 11 is 0. The first-order valence-electron chi connectivity index (χ1n) is 8.61. The van der Waals surface area contributed by atoms with Crippen LogP contribution in [0, 0.1) is 13.8 Å². The fourth-order valence-corrected chi connectivity index (χ4v) is 3.08. The Morgan fingerprint density at radius 1 is 1.08 bits per heavy atom. The zero-order chi connectivity index (χ0) is 16.9. The molecule has 0 unspecified atom stereocenters. The van der Waals surface area contributed by atoms with E-state index in [4.69, 9.17) is 0 Å². The SMILES string of the molecule is Cc1cc(C(=O)NC2CCCCC2)nc(Nc2ccccc2C)n1. The topological polar surface area (TPSA) is 66.9 Å². The molecule has 0 radical (unpaired) electrons. The first-order valence-corrected chi connectivity index (χ1v) is 8.61. The molecule has 1 aromatic heterocycles. The molecule has 3 rings (SSSR count). The van der Waals surface area contributed by atoms with Crippen molar-refractivity contribution in [3.8, 4) is 0 Å². The number of carbonyl (C=O) groups is 1. The predicted octanol–water partition coefficient (Wildman–Crippen LogP) is 3.90. The van der Waals surface area contributed by atoms with E-state index in [-0.39, 0.29) is 11.9 Å². The zero-order valence-electron chi connectivity index (χ0n) is 14.3. The van der Waals surface area contributed by atoms with Crippen molar-refractivity contribution in [1.29, 1.82) is 0 Å². The van der Waals surface area contributed by atoms with Crippen molar-refractivity contribution >= 4 is 17.5 Å². The van der Waals surface area contributed by atoms with Crippen LogP contribution >= 0.6 is 0 Å². The van der Waals surface area contributed by atoms with Crippen molar-refractivity contribution in [2.24, 2.45) is 0 Å². The Hall–Kier alpha value is -2.43. The summed E-state index contributed by atoms with van der Waals surface area (Å²) in [7, 11) is 0. The van der Waals surface area contributed by atoms with Crippen LogP contribution in [0.2, 0.25) is 0 Å². The standard InChI is InChI=1S/C19H24N4O/c1-13-8-6-7-11-16(13)22-19-20-14(2)12-17(23-19)18(24)21-15-9-4-3-5-10-15/h6-8,11-12,15H,3-5,9-10H2,1-2H3,(H,21,24)(H,20,22,23). The van der Waals surface area contributed by atoms with E-state index in [1.54, 1.807) is 6.07 Å². The minimum atomic E-state index is -0.111. The number of nitrogens with zero attached hydrogens (tertiary/aromatic N) is 2. The highest BCUT2D eigenvalue weighted by atomic mass is 16.1. The van der Waals surface area contributed by atoms with E-state index in [9.17, 15) is 4.79 Å². The quantitative estimate of drug-likeness (QED) is 0.895. The first kappa shape index (κ1) is 16.4. The molecule has 0 bridgehead atoms. The lowest BCUT2D eigenvalue weighted by atomic mass is 9.95. The van der Waals surface area contributed by atoms with Gasteiger partial charge in [-0.25, -0.2) is 9.97 Å². The van der Waals surface area contributed by atoms with Crippen LogP contribution in [0.15, 0.2) is 30.3 Å². The number of hydrogen-bond donors (Lipinski definition) is 2. The number of aromatic nitrogens is 2. The van der Waals surface area contributed by atoms with Gasteiger partial charge in [0.05, 0.1) is 0 Å². The van der Waals surface area contributed by atoms with Gasteiger partial charge >= 0.3 is 0 Å². The first-order chi connectivity index (χ1) is 11.6. The molecule has 1 amide bonds. The van der Waals surface area contributed by atoms with Gasteiger partial charge in [0.15, 0.2) is 0 Å². The van der Waals surface area contributed by atoms with Crippen LogP contribution in [0.25, 0.3) is 0 Å². The second-order valence-corrected chi connectivity index (χ2v) is 6.47. The van der Waals surface area contributed by atoms with Crippen LogP contribution in [0.3, 0.4) is 0 Å². The maximum absolute atomic E-state index is 12.5. The molecule has 1 aliphatic carbocycles. The van der Waals surface area contributed by atoms with E-state index in [0.717, 1.165) is 29.8 Å². The maximum atomic E-state index is 12.5. The molecule has 1 saturated carbocycles. The summed E-state index contributed by atoms with van der Waals surface area (Å²) in [6.45, 7) is 3.90. The number of hydrogen-bond acceptors (Lipinski definition) is 4. The second-order valence-electron chi connectivity index (χ2n) is 6.47. The Bertz CT molecular complexity index is 723. The predicted molar refractivity (Wildman–Crippen MR) is 95.6 cm³/mol. The Labute approximate surface area is 142 Å². The summed E-state index contributed by atoms with van der Waals surface area (Å²) in [6, 6.07) is 9.95. The summed E-state index contributed by atoms with van der Waals surface area (Å²) in [6.07, 6.45) is 5.76. The molecule has 0 spiro atoms. The largest absolute Gasteiger partial charge is 0.348 e. The monoisotopic (exact) mass is 324 g/mol. The highest BCUT2D eigenvalue weighted by molar-refractivity contribution is 5.92. The Morgan fingerprint density at radius 2 is 1.83 bits per heavy atom. The molecule has 5 heteroatoms. The van der Waals surface area contributed by atoms with Gasteiger partial charge in [-0.05, 0) is 44.4 Å². The Balaban J connectivity index is 1.75. The average Bonchev–Trinajstić information content (AvgIpc) is 2.57. The molecule has 5 nitrogen and oxygen atoms in total. The number of rotatable bonds is 4. The van der Waals surface area contributed by atoms with Crippen LogP contribution in [-0.2, 0) is 0 Å². The van der Waals surface area contributed by atoms with Crippen molar-refractivity contribution < 1.29 is 4.79 Å². The van der Waals surface area contributed by atoms with E-state index < -0.39 is 0 Å². The number of para-hydroxylation sites is 1. The van der Waals surface area contributed by atoms with Gasteiger partial charge in [-0.1, -0.05) is 37.5 Å². The third kappa shape index (κ3) is 4.10. The second kappa shape index (κ2) is 7.43. The number of nitrogens with one attached hydrogen (secondary N) is 2. The molecule has 0 atom stereocenters. The molecule has 1 heterocycles. The fourth-order valence-electron chi connectivity index (χ4n) is 3.08. The molecule has 0 saturated heterocycles. The molecule has 2 N–H and O–H groups in total. The van der Waals surface area contributed by atoms with Gasteiger partial charge in [0, 0.05) is 17.4 Å². The van der Waals surface area contributed by atoms with Gasteiger partial charge in [-0.3, -0.25) is 4.79 Å². The third-order valence-corrected chi connectivity index (χ3v) is 4.42. The Kier molecular flexibility index (Phi) is 5.08. The lowest BCUT2D eigenvalue weighted by Gasteiger charge is -2.22. The summed E-state index contributed by atoms with van der Waals surface area (Å²) in [4.78, 5) is 21.3. The van der Waals surface area contributed by atoms with Gasteiger partial charge in [0.1, 0.15) is 5.69 Å². The molecule has 1 fully saturated rings. The smallest absolute Gasteiger partial charge is 0.270 e. The van der Waals surface area contributed by atoms with Crippen LogP contribution in [0.5, 0.6) is 0 Å². The lowest BCUT2D eigenvalue weighted by Crippen LogP contribution is -2.36. The van der Waals surface area contributed by atoms with Crippen molar-refractivity contribution in [3.05, 3.63) is 47.3 Å². The minimum absolute atomic E-state index is 0.111. The van der Waals surface area contributed by atoms with Crippen molar-refractivity contribution in [2.75, 3.05) is 5.32 Å². The number of aryl methyl sites for hydroxylation is 2. The highest BCUT2D eigenvalue weighted by Crippen LogP contribution is 2.19. The molecule has 126 valence electrons. The summed E-state index contributed by atoms with van der Waals surface area (Å²) in [5.74, 6) is 0.346. The number of carbonyl (C=O) groups excluding carboxylic acids is 1. The van der Waals surface area contributed by atoms with Gasteiger partial charge in [0.2, 0.25) is 5.95 Å². The minimum Gasteiger partial charge on any atom is -0.348 e. The lowest BCUT2D eigenvalue weighted by molar-refractivity contribution is 0.0922. The van der Waals surface area contributed by atoms with Crippen molar-refractivity contribution in [2.45, 2.75) is 52.0 Å². The normalized spacial score (nSPS) is 15.1. The van der Waals surface area contributed by atoms with E-state index in [2.05, 4.69) is 20.6 Å². The molecular formula is C19H24N4O. The Morgan fingerprint density at radius 3 is 2.58 bits per heavy atom. The fraction of sp³-hybridized carbons (Fsp3) is 0.421. The molecular weight excluding hydrogens is 300 g/mol. The average molecular weight is 324 g/mol. The number of amides is 1. The van der Waals surface area contributed by atoms with Gasteiger partial charge in [-0.15, -0.1) is 0 Å². The summed E-state index contributed by atoms with van der Waals surface area (Å²) in [5.41, 5.74) is 3.25. The van der Waals surface area contributed by atoms with Crippen LogP contribution in [0.4, 0.5) is 11.6 Å². The van der Waals surface area contributed by atoms with Crippen LogP contribution in [-0.4, -0.2) is 21.9 Å². The van der Waals surface area contributed by atoms with Gasteiger partial charge in [-0.2, -0.15) is 0 Å². The highest BCUT2D eigenvalue weighted by Gasteiger charge is 2.18. The molecule has 2 aromatic rings. The van der Waals surface area contributed by atoms with Crippen molar-refractivity contribution in [3.63, 3.8) is 0 Å². The zero-order valence-corrected chi connectivity index (χ0v) is 14.3. The molecule has 1 aliphatic rings. The van der Waals surface area contributed by atoms with Gasteiger partial charge < -0.3 is 10.6 Å². The molecule has 0 aliphatic heterocycles. The van der Waals surface area contributed by atoms with E-state index in [0.29, 0.717) is 11.6 Å². The van der Waals surface area contributed by atoms with Crippen molar-refractivity contribution in [1.82, 2.24) is 15.3 Å². The van der Waals surface area contributed by atoms with Crippen LogP contribution in [0.1, 0.15) is 53.8 Å². The summed E-state index contributed by atoms with van der Waals surface area (Å²) in [5, 5.41) is 6.32. The third-order valence-electron chi connectivity index (χ3n) is 4.42. The van der Waals surface area contributed by atoms with E-state index in [1.165, 1.54) is 19.3 Å².